The first-order valence-corrected chi connectivity index (χ1v) is 3.70. The fourth-order valence-corrected chi connectivity index (χ4v) is 0.924. The molecule has 1 heterocycles. The number of ether oxygens (including phenoxy) is 1. The lowest BCUT2D eigenvalue weighted by Crippen LogP contribution is -2.06. The molecule has 0 aliphatic carbocycles. The van der Waals surface area contributed by atoms with Crippen molar-refractivity contribution in [2.45, 2.75) is 13.5 Å². The lowest BCUT2D eigenvalue weighted by Gasteiger charge is -2.01. The summed E-state index contributed by atoms with van der Waals surface area (Å²) in [7, 11) is 1.53. The molecule has 0 amide bonds. The number of carbonyl (C=O) groups is 1. The van der Waals surface area contributed by atoms with E-state index in [9.17, 15) is 4.79 Å². The van der Waals surface area contributed by atoms with Gasteiger partial charge < -0.3 is 9.84 Å². The second-order valence-electron chi connectivity index (χ2n) is 2.52. The summed E-state index contributed by atoms with van der Waals surface area (Å²) in [5, 5.41) is 8.68. The van der Waals surface area contributed by atoms with Crippen LogP contribution >= 0.6 is 0 Å². The lowest BCUT2D eigenvalue weighted by atomic mass is 10.2. The van der Waals surface area contributed by atoms with Crippen LogP contribution in [-0.4, -0.2) is 28.2 Å². The highest BCUT2D eigenvalue weighted by Crippen LogP contribution is 2.04. The van der Waals surface area contributed by atoms with Crippen molar-refractivity contribution in [1.29, 1.82) is 0 Å². The average molecular weight is 182 g/mol. The van der Waals surface area contributed by atoms with Crippen LogP contribution in [0.25, 0.3) is 0 Å². The van der Waals surface area contributed by atoms with Gasteiger partial charge in [0.2, 0.25) is 0 Å². The molecular weight excluding hydrogens is 172 g/mol. The Kier molecular flexibility index (Phi) is 2.92. The van der Waals surface area contributed by atoms with Gasteiger partial charge in [0, 0.05) is 13.3 Å². The van der Waals surface area contributed by atoms with Crippen LogP contribution in [0, 0.1) is 6.92 Å². The highest BCUT2D eigenvalue weighted by Gasteiger charge is 2.09. The van der Waals surface area contributed by atoms with E-state index in [1.165, 1.54) is 13.3 Å². The van der Waals surface area contributed by atoms with Gasteiger partial charge in [0.1, 0.15) is 6.61 Å². The molecule has 1 aromatic heterocycles. The summed E-state index contributed by atoms with van der Waals surface area (Å²) in [6.07, 6.45) is 1.29. The SMILES string of the molecule is COCc1ncc(C(=O)O)c(C)n1. The minimum absolute atomic E-state index is 0.125. The maximum atomic E-state index is 10.6. The van der Waals surface area contributed by atoms with E-state index in [0.29, 0.717) is 18.1 Å². The Hall–Kier alpha value is -1.49. The van der Waals surface area contributed by atoms with Crippen LogP contribution in [0.4, 0.5) is 0 Å². The van der Waals surface area contributed by atoms with Crippen LogP contribution in [-0.2, 0) is 11.3 Å². The molecule has 0 spiro atoms. The van der Waals surface area contributed by atoms with Gasteiger partial charge in [0.05, 0.1) is 11.3 Å². The summed E-state index contributed by atoms with van der Waals surface area (Å²) in [6.45, 7) is 1.92. The molecule has 5 nitrogen and oxygen atoms in total. The number of methoxy groups -OCH3 is 1. The minimum Gasteiger partial charge on any atom is -0.478 e. The molecular formula is C8H10N2O3. The fourth-order valence-electron chi connectivity index (χ4n) is 0.924. The monoisotopic (exact) mass is 182 g/mol. The zero-order valence-corrected chi connectivity index (χ0v) is 7.44. The first-order valence-electron chi connectivity index (χ1n) is 3.70. The number of aryl methyl sites for hydroxylation is 1. The topological polar surface area (TPSA) is 72.3 Å². The molecule has 0 unspecified atom stereocenters. The van der Waals surface area contributed by atoms with Crippen molar-refractivity contribution < 1.29 is 14.6 Å². The number of rotatable bonds is 3. The smallest absolute Gasteiger partial charge is 0.339 e. The highest BCUT2D eigenvalue weighted by molar-refractivity contribution is 5.88. The minimum atomic E-state index is -1.01. The number of hydrogen-bond donors (Lipinski definition) is 1. The Morgan fingerprint density at radius 1 is 1.69 bits per heavy atom. The van der Waals surface area contributed by atoms with E-state index < -0.39 is 5.97 Å². The van der Waals surface area contributed by atoms with Gasteiger partial charge in [0.15, 0.2) is 5.82 Å². The lowest BCUT2D eigenvalue weighted by molar-refractivity contribution is 0.0694. The zero-order valence-electron chi connectivity index (χ0n) is 7.44. The molecule has 0 bridgehead atoms. The first kappa shape index (κ1) is 9.60. The molecule has 0 radical (unpaired) electrons. The predicted octanol–water partition coefficient (Wildman–Crippen LogP) is 0.630. The number of carboxylic acid groups (broad SMARTS) is 1. The van der Waals surface area contributed by atoms with E-state index in [1.54, 1.807) is 6.92 Å². The van der Waals surface area contributed by atoms with E-state index in [-0.39, 0.29) is 5.56 Å². The number of aromatic nitrogens is 2. The van der Waals surface area contributed by atoms with Crippen molar-refractivity contribution in [2.24, 2.45) is 0 Å². The van der Waals surface area contributed by atoms with Gasteiger partial charge in [-0.3, -0.25) is 0 Å². The van der Waals surface area contributed by atoms with Gasteiger partial charge in [-0.2, -0.15) is 0 Å². The molecule has 0 aliphatic rings. The van der Waals surface area contributed by atoms with Crippen molar-refractivity contribution in [1.82, 2.24) is 9.97 Å². The van der Waals surface area contributed by atoms with Gasteiger partial charge in [-0.15, -0.1) is 0 Å². The van der Waals surface area contributed by atoms with Crippen molar-refractivity contribution in [3.63, 3.8) is 0 Å². The van der Waals surface area contributed by atoms with Crippen LogP contribution in [0.2, 0.25) is 0 Å². The van der Waals surface area contributed by atoms with Crippen molar-refractivity contribution >= 4 is 5.97 Å². The van der Waals surface area contributed by atoms with Crippen molar-refractivity contribution in [2.75, 3.05) is 7.11 Å². The Morgan fingerprint density at radius 3 is 2.85 bits per heavy atom. The summed E-state index contributed by atoms with van der Waals surface area (Å²) >= 11 is 0. The Balaban J connectivity index is 2.98. The Bertz CT molecular complexity index is 325. The molecule has 0 aromatic carbocycles. The third-order valence-electron chi connectivity index (χ3n) is 1.53. The van der Waals surface area contributed by atoms with Gasteiger partial charge in [0.25, 0.3) is 0 Å². The fraction of sp³-hybridized carbons (Fsp3) is 0.375. The molecule has 1 aromatic rings. The summed E-state index contributed by atoms with van der Waals surface area (Å²) in [6, 6.07) is 0. The molecule has 70 valence electrons. The van der Waals surface area contributed by atoms with E-state index in [2.05, 4.69) is 9.97 Å². The van der Waals surface area contributed by atoms with E-state index in [0.717, 1.165) is 0 Å². The number of carboxylic acids is 1. The second-order valence-corrected chi connectivity index (χ2v) is 2.52. The number of hydrogen-bond acceptors (Lipinski definition) is 4. The largest absolute Gasteiger partial charge is 0.478 e. The summed E-state index contributed by atoms with van der Waals surface area (Å²) in [4.78, 5) is 18.4. The molecule has 0 saturated carbocycles. The van der Waals surface area contributed by atoms with Crippen molar-refractivity contribution in [3.8, 4) is 0 Å². The highest BCUT2D eigenvalue weighted by atomic mass is 16.5. The molecule has 0 saturated heterocycles. The standard InChI is InChI=1S/C8H10N2O3/c1-5-6(8(11)12)3-9-7(10-5)4-13-2/h3H,4H2,1-2H3,(H,11,12). The summed E-state index contributed by atoms with van der Waals surface area (Å²) in [5.74, 6) is -0.522. The average Bonchev–Trinajstić information content (AvgIpc) is 2.04. The van der Waals surface area contributed by atoms with Gasteiger partial charge in [-0.25, -0.2) is 14.8 Å². The second kappa shape index (κ2) is 3.95. The van der Waals surface area contributed by atoms with E-state index in [1.807, 2.05) is 0 Å². The maximum absolute atomic E-state index is 10.6. The Morgan fingerprint density at radius 2 is 2.38 bits per heavy atom. The molecule has 13 heavy (non-hydrogen) atoms. The van der Waals surface area contributed by atoms with Crippen LogP contribution < -0.4 is 0 Å². The molecule has 1 rings (SSSR count). The summed E-state index contributed by atoms with van der Waals surface area (Å²) < 4.78 is 4.81. The van der Waals surface area contributed by atoms with Gasteiger partial charge >= 0.3 is 5.97 Å². The molecule has 0 atom stereocenters. The van der Waals surface area contributed by atoms with E-state index >= 15 is 0 Å². The summed E-state index contributed by atoms with van der Waals surface area (Å²) in [5.41, 5.74) is 0.578. The quantitative estimate of drug-likeness (QED) is 0.742. The van der Waals surface area contributed by atoms with Gasteiger partial charge in [-0.1, -0.05) is 0 Å². The van der Waals surface area contributed by atoms with E-state index in [4.69, 9.17) is 9.84 Å². The van der Waals surface area contributed by atoms with Crippen LogP contribution in [0.1, 0.15) is 21.9 Å². The third-order valence-corrected chi connectivity index (χ3v) is 1.53. The maximum Gasteiger partial charge on any atom is 0.339 e. The molecule has 0 aliphatic heterocycles. The normalized spacial score (nSPS) is 10.0. The number of nitrogens with zero attached hydrogens (tertiary/aromatic N) is 2. The van der Waals surface area contributed by atoms with Crippen LogP contribution in [0.15, 0.2) is 6.20 Å². The predicted molar refractivity (Wildman–Crippen MR) is 44.4 cm³/mol. The van der Waals surface area contributed by atoms with Gasteiger partial charge in [-0.05, 0) is 6.92 Å². The molecule has 5 heteroatoms. The van der Waals surface area contributed by atoms with Crippen LogP contribution in [0.3, 0.4) is 0 Å². The number of aromatic carboxylic acids is 1. The first-order chi connectivity index (χ1) is 6.15. The van der Waals surface area contributed by atoms with Crippen molar-refractivity contribution in [3.05, 3.63) is 23.3 Å². The van der Waals surface area contributed by atoms with Crippen LogP contribution in [0.5, 0.6) is 0 Å². The zero-order chi connectivity index (χ0) is 9.84. The molecule has 0 fully saturated rings. The Labute approximate surface area is 75.4 Å². The third kappa shape index (κ3) is 2.22. The molecule has 1 N–H and O–H groups in total.